The molecule has 92 valence electrons. The van der Waals surface area contributed by atoms with Crippen molar-refractivity contribution in [1.82, 2.24) is 0 Å². The summed E-state index contributed by atoms with van der Waals surface area (Å²) in [6.45, 7) is 1.85. The quantitative estimate of drug-likeness (QED) is 0.480. The highest BCUT2D eigenvalue weighted by molar-refractivity contribution is 5.76. The molecule has 0 rings (SSSR count). The van der Waals surface area contributed by atoms with Crippen molar-refractivity contribution in [3.63, 3.8) is 0 Å². The van der Waals surface area contributed by atoms with Gasteiger partial charge in [-0.1, -0.05) is 0 Å². The third-order valence-electron chi connectivity index (χ3n) is 1.98. The second kappa shape index (κ2) is 8.88. The number of carboxylic acid groups (broad SMARTS) is 1. The summed E-state index contributed by atoms with van der Waals surface area (Å²) in [4.78, 5) is 31.7. The summed E-state index contributed by atoms with van der Waals surface area (Å²) in [5.41, 5.74) is 0. The first-order valence-corrected chi connectivity index (χ1v) is 5.39. The van der Waals surface area contributed by atoms with Crippen LogP contribution in [0.1, 0.15) is 45.4 Å². The zero-order valence-electron chi connectivity index (χ0n) is 9.53. The molecule has 0 atom stereocenters. The molecule has 1 N–H and O–H groups in total. The van der Waals surface area contributed by atoms with Crippen molar-refractivity contribution < 1.29 is 24.2 Å². The van der Waals surface area contributed by atoms with Crippen LogP contribution >= 0.6 is 0 Å². The van der Waals surface area contributed by atoms with E-state index in [0.717, 1.165) is 12.8 Å². The molecular formula is C11H18O5. The summed E-state index contributed by atoms with van der Waals surface area (Å²) in [7, 11) is 0. The molecule has 0 saturated heterocycles. The molecule has 0 spiro atoms. The van der Waals surface area contributed by atoms with Crippen LogP contribution in [0, 0.1) is 0 Å². The van der Waals surface area contributed by atoms with Gasteiger partial charge in [-0.3, -0.25) is 9.59 Å². The first kappa shape index (κ1) is 14.6. The van der Waals surface area contributed by atoms with Crippen molar-refractivity contribution in [1.29, 1.82) is 0 Å². The van der Waals surface area contributed by atoms with Crippen LogP contribution in [0.3, 0.4) is 0 Å². The van der Waals surface area contributed by atoms with Crippen molar-refractivity contribution in [2.75, 3.05) is 6.61 Å². The Morgan fingerprint density at radius 1 is 1.00 bits per heavy atom. The Morgan fingerprint density at radius 3 is 2.25 bits per heavy atom. The van der Waals surface area contributed by atoms with Gasteiger partial charge in [-0.15, -0.1) is 0 Å². The predicted molar refractivity (Wildman–Crippen MR) is 57.0 cm³/mol. The zero-order chi connectivity index (χ0) is 12.4. The lowest BCUT2D eigenvalue weighted by atomic mass is 10.1. The molecule has 0 aromatic heterocycles. The molecule has 0 radical (unpaired) electrons. The number of unbranched alkanes of at least 4 members (excludes halogenated alkanes) is 2. The van der Waals surface area contributed by atoms with E-state index in [1.165, 1.54) is 0 Å². The van der Waals surface area contributed by atoms with E-state index in [-0.39, 0.29) is 18.6 Å². The Kier molecular flexibility index (Phi) is 8.11. The fourth-order valence-corrected chi connectivity index (χ4v) is 1.12. The lowest BCUT2D eigenvalue weighted by Crippen LogP contribution is -2.08. The first-order chi connectivity index (χ1) is 7.52. The van der Waals surface area contributed by atoms with E-state index in [2.05, 4.69) is 0 Å². The van der Waals surface area contributed by atoms with E-state index in [1.807, 2.05) is 0 Å². The fourth-order valence-electron chi connectivity index (χ4n) is 1.12. The van der Waals surface area contributed by atoms with Crippen LogP contribution in [0.15, 0.2) is 0 Å². The predicted octanol–water partition coefficient (Wildman–Crippen LogP) is 1.54. The van der Waals surface area contributed by atoms with Gasteiger partial charge in [-0.25, -0.2) is 0 Å². The Hall–Kier alpha value is -1.39. The second-order valence-electron chi connectivity index (χ2n) is 3.63. The van der Waals surface area contributed by atoms with Crippen LogP contribution in [0.2, 0.25) is 0 Å². The van der Waals surface area contributed by atoms with Crippen molar-refractivity contribution in [2.24, 2.45) is 0 Å². The number of hydrogen-bond acceptors (Lipinski definition) is 4. The molecule has 0 heterocycles. The van der Waals surface area contributed by atoms with Gasteiger partial charge in [0.2, 0.25) is 0 Å². The Balaban J connectivity index is 3.27. The molecule has 0 amide bonds. The van der Waals surface area contributed by atoms with Crippen LogP contribution in [0.25, 0.3) is 0 Å². The number of Topliss-reactive ketones (excluding diaryl/α,β-unsaturated/α-hetero) is 1. The molecule has 0 fully saturated rings. The van der Waals surface area contributed by atoms with Gasteiger partial charge in [0.1, 0.15) is 5.78 Å². The number of ether oxygens (including phenoxy) is 1. The Bertz CT molecular complexity index is 247. The third kappa shape index (κ3) is 10.7. The van der Waals surface area contributed by atoms with Crippen molar-refractivity contribution in [3.8, 4) is 0 Å². The van der Waals surface area contributed by atoms with Crippen molar-refractivity contribution in [2.45, 2.75) is 45.4 Å². The number of aliphatic carboxylic acids is 1. The largest absolute Gasteiger partial charge is 0.481 e. The zero-order valence-corrected chi connectivity index (χ0v) is 9.53. The smallest absolute Gasteiger partial charge is 0.306 e. The first-order valence-electron chi connectivity index (χ1n) is 5.39. The van der Waals surface area contributed by atoms with Gasteiger partial charge in [0.25, 0.3) is 0 Å². The minimum atomic E-state index is -1.00. The number of carbonyl (C=O) groups excluding carboxylic acids is 2. The minimum absolute atomic E-state index is 0.0806. The maximum atomic E-state index is 10.9. The average Bonchev–Trinajstić information content (AvgIpc) is 2.19. The molecule has 0 bridgehead atoms. The van der Waals surface area contributed by atoms with Gasteiger partial charge >= 0.3 is 11.9 Å². The molecule has 0 saturated carbocycles. The maximum absolute atomic E-state index is 10.9. The lowest BCUT2D eigenvalue weighted by Gasteiger charge is -2.03. The molecule has 0 aliphatic rings. The van der Waals surface area contributed by atoms with E-state index in [4.69, 9.17) is 9.84 Å². The number of carboxylic acids is 1. The number of esters is 1. The van der Waals surface area contributed by atoms with Gasteiger partial charge in [0.15, 0.2) is 0 Å². The van der Waals surface area contributed by atoms with Crippen LogP contribution in [-0.2, 0) is 19.1 Å². The summed E-state index contributed by atoms with van der Waals surface area (Å²) in [6, 6.07) is 0. The van der Waals surface area contributed by atoms with Crippen molar-refractivity contribution >= 4 is 17.7 Å². The molecule has 16 heavy (non-hydrogen) atoms. The van der Waals surface area contributed by atoms with Crippen molar-refractivity contribution in [3.05, 3.63) is 0 Å². The number of ketones is 1. The average molecular weight is 230 g/mol. The van der Waals surface area contributed by atoms with Crippen LogP contribution in [0.5, 0.6) is 0 Å². The highest BCUT2D eigenvalue weighted by Gasteiger charge is 2.05. The highest BCUT2D eigenvalue weighted by Crippen LogP contribution is 2.01. The van der Waals surface area contributed by atoms with Gasteiger partial charge in [0.05, 0.1) is 19.4 Å². The second-order valence-corrected chi connectivity index (χ2v) is 3.63. The molecule has 0 unspecified atom stereocenters. The van der Waals surface area contributed by atoms with E-state index in [0.29, 0.717) is 19.4 Å². The fraction of sp³-hybridized carbons (Fsp3) is 0.727. The van der Waals surface area contributed by atoms with Crippen LogP contribution in [-0.4, -0.2) is 29.4 Å². The number of hydrogen-bond donors (Lipinski definition) is 1. The van der Waals surface area contributed by atoms with Gasteiger partial charge < -0.3 is 14.6 Å². The topological polar surface area (TPSA) is 80.7 Å². The summed E-state index contributed by atoms with van der Waals surface area (Å²) < 4.78 is 4.81. The molecule has 0 aromatic carbocycles. The standard InChI is InChI=1S/C11H18O5/c1-9(12)5-3-2-4-8-16-11(15)7-6-10(13)14/h2-8H2,1H3,(H,13,14). The van der Waals surface area contributed by atoms with Gasteiger partial charge in [0, 0.05) is 6.42 Å². The van der Waals surface area contributed by atoms with Gasteiger partial charge in [-0.05, 0) is 26.2 Å². The minimum Gasteiger partial charge on any atom is -0.481 e. The van der Waals surface area contributed by atoms with Crippen LogP contribution < -0.4 is 0 Å². The van der Waals surface area contributed by atoms with E-state index >= 15 is 0 Å². The highest BCUT2D eigenvalue weighted by atomic mass is 16.5. The normalized spacial score (nSPS) is 9.81. The Labute approximate surface area is 94.8 Å². The maximum Gasteiger partial charge on any atom is 0.306 e. The van der Waals surface area contributed by atoms with E-state index in [1.54, 1.807) is 6.92 Å². The molecule has 5 heteroatoms. The molecule has 0 aromatic rings. The Morgan fingerprint density at radius 2 is 1.69 bits per heavy atom. The van der Waals surface area contributed by atoms with Crippen LogP contribution in [0.4, 0.5) is 0 Å². The number of carbonyl (C=O) groups is 3. The summed E-state index contributed by atoms with van der Waals surface area (Å²) in [6.07, 6.45) is 2.65. The molecular weight excluding hydrogens is 212 g/mol. The van der Waals surface area contributed by atoms with Gasteiger partial charge in [-0.2, -0.15) is 0 Å². The monoisotopic (exact) mass is 230 g/mol. The van der Waals surface area contributed by atoms with E-state index in [9.17, 15) is 14.4 Å². The summed E-state index contributed by atoms with van der Waals surface area (Å²) in [5.74, 6) is -1.31. The summed E-state index contributed by atoms with van der Waals surface area (Å²) in [5, 5.41) is 8.32. The summed E-state index contributed by atoms with van der Waals surface area (Å²) >= 11 is 0. The third-order valence-corrected chi connectivity index (χ3v) is 1.98. The SMILES string of the molecule is CC(=O)CCCCCOC(=O)CCC(=O)O. The molecule has 0 aliphatic carbocycles. The molecule has 0 aliphatic heterocycles. The van der Waals surface area contributed by atoms with E-state index < -0.39 is 11.9 Å². The molecule has 5 nitrogen and oxygen atoms in total. The lowest BCUT2D eigenvalue weighted by molar-refractivity contribution is -0.147. The number of rotatable bonds is 9.